The number of hydrogen-bond donors (Lipinski definition) is 0. The first-order chi connectivity index (χ1) is 8.15. The fourth-order valence-electron chi connectivity index (χ4n) is 2.37. The Labute approximate surface area is 102 Å². The van der Waals surface area contributed by atoms with Crippen molar-refractivity contribution in [2.24, 2.45) is 0 Å². The molecular formula is C14H18O3. The molecule has 2 rings (SSSR count). The van der Waals surface area contributed by atoms with Crippen molar-refractivity contribution in [2.75, 3.05) is 14.2 Å². The number of Topliss-reactive ketones (excluding diaryl/α,β-unsaturated/α-hetero) is 1. The van der Waals surface area contributed by atoms with E-state index in [1.54, 1.807) is 21.1 Å². The molecule has 3 heteroatoms. The summed E-state index contributed by atoms with van der Waals surface area (Å²) < 4.78 is 10.5. The molecule has 0 bridgehead atoms. The highest BCUT2D eigenvalue weighted by atomic mass is 16.5. The molecule has 0 aliphatic heterocycles. The Morgan fingerprint density at radius 3 is 2.53 bits per heavy atom. The SMILES string of the molecule is COc1cc2c(cc1OC)C(CCC(C)=O)C2. The Hall–Kier alpha value is -1.51. The van der Waals surface area contributed by atoms with Crippen molar-refractivity contribution in [3.05, 3.63) is 23.3 Å². The number of carbonyl (C=O) groups excluding carboxylic acids is 1. The van der Waals surface area contributed by atoms with Crippen LogP contribution in [-0.2, 0) is 11.2 Å². The second kappa shape index (κ2) is 4.78. The second-order valence-corrected chi connectivity index (χ2v) is 4.55. The fourth-order valence-corrected chi connectivity index (χ4v) is 2.37. The molecule has 0 radical (unpaired) electrons. The Kier molecular flexibility index (Phi) is 3.36. The third-order valence-electron chi connectivity index (χ3n) is 3.40. The van der Waals surface area contributed by atoms with Crippen molar-refractivity contribution < 1.29 is 14.3 Å². The first kappa shape index (κ1) is 12.0. The van der Waals surface area contributed by atoms with E-state index < -0.39 is 0 Å². The van der Waals surface area contributed by atoms with Crippen LogP contribution in [0.3, 0.4) is 0 Å². The lowest BCUT2D eigenvalue weighted by atomic mass is 9.74. The maximum absolute atomic E-state index is 11.0. The molecule has 1 aromatic rings. The molecule has 92 valence electrons. The molecule has 1 unspecified atom stereocenters. The lowest BCUT2D eigenvalue weighted by Gasteiger charge is -2.31. The lowest BCUT2D eigenvalue weighted by Crippen LogP contribution is -2.18. The Balaban J connectivity index is 2.14. The van der Waals surface area contributed by atoms with Crippen LogP contribution < -0.4 is 9.47 Å². The van der Waals surface area contributed by atoms with Crippen molar-refractivity contribution >= 4 is 5.78 Å². The van der Waals surface area contributed by atoms with E-state index in [2.05, 4.69) is 0 Å². The van der Waals surface area contributed by atoms with Gasteiger partial charge in [-0.05, 0) is 48.9 Å². The quantitative estimate of drug-likeness (QED) is 0.785. The number of hydrogen-bond acceptors (Lipinski definition) is 3. The normalized spacial score (nSPS) is 17.0. The largest absolute Gasteiger partial charge is 0.493 e. The van der Waals surface area contributed by atoms with Gasteiger partial charge in [0.2, 0.25) is 0 Å². The van der Waals surface area contributed by atoms with Gasteiger partial charge in [-0.2, -0.15) is 0 Å². The highest BCUT2D eigenvalue weighted by molar-refractivity contribution is 5.75. The van der Waals surface area contributed by atoms with Gasteiger partial charge in [-0.1, -0.05) is 0 Å². The predicted molar refractivity (Wildman–Crippen MR) is 65.9 cm³/mol. The molecule has 0 spiro atoms. The zero-order valence-electron chi connectivity index (χ0n) is 10.6. The average molecular weight is 234 g/mol. The van der Waals surface area contributed by atoms with Gasteiger partial charge in [-0.25, -0.2) is 0 Å². The molecule has 0 heterocycles. The minimum Gasteiger partial charge on any atom is -0.493 e. The highest BCUT2D eigenvalue weighted by Gasteiger charge is 2.28. The summed E-state index contributed by atoms with van der Waals surface area (Å²) in [7, 11) is 3.30. The van der Waals surface area contributed by atoms with E-state index >= 15 is 0 Å². The third kappa shape index (κ3) is 2.28. The van der Waals surface area contributed by atoms with E-state index in [0.29, 0.717) is 12.3 Å². The standard InChI is InChI=1S/C14H18O3/c1-9(15)4-5-10-6-11-7-13(16-2)14(17-3)8-12(10)11/h7-8,10H,4-6H2,1-3H3. The van der Waals surface area contributed by atoms with Crippen LogP contribution in [0.4, 0.5) is 0 Å². The van der Waals surface area contributed by atoms with Gasteiger partial charge < -0.3 is 14.3 Å². The van der Waals surface area contributed by atoms with Gasteiger partial charge in [-0.15, -0.1) is 0 Å². The van der Waals surface area contributed by atoms with Gasteiger partial charge in [0.1, 0.15) is 5.78 Å². The van der Waals surface area contributed by atoms with E-state index in [9.17, 15) is 4.79 Å². The summed E-state index contributed by atoms with van der Waals surface area (Å²) in [6.45, 7) is 1.65. The summed E-state index contributed by atoms with van der Waals surface area (Å²) in [6.07, 6.45) is 2.65. The summed E-state index contributed by atoms with van der Waals surface area (Å²) in [5, 5.41) is 0. The number of methoxy groups -OCH3 is 2. The molecule has 3 nitrogen and oxygen atoms in total. The second-order valence-electron chi connectivity index (χ2n) is 4.55. The van der Waals surface area contributed by atoms with E-state index in [1.807, 2.05) is 12.1 Å². The monoisotopic (exact) mass is 234 g/mol. The minimum absolute atomic E-state index is 0.263. The van der Waals surface area contributed by atoms with Gasteiger partial charge in [0.05, 0.1) is 14.2 Å². The molecule has 0 N–H and O–H groups in total. The van der Waals surface area contributed by atoms with E-state index in [-0.39, 0.29) is 5.78 Å². The van der Waals surface area contributed by atoms with Crippen molar-refractivity contribution in [2.45, 2.75) is 32.1 Å². The molecule has 1 aliphatic rings. The summed E-state index contributed by atoms with van der Waals surface area (Å²) in [6, 6.07) is 4.08. The highest BCUT2D eigenvalue weighted by Crippen LogP contribution is 2.44. The molecule has 0 fully saturated rings. The Morgan fingerprint density at radius 1 is 1.29 bits per heavy atom. The molecule has 0 aromatic heterocycles. The van der Waals surface area contributed by atoms with Crippen molar-refractivity contribution in [3.8, 4) is 11.5 Å². The minimum atomic E-state index is 0.263. The first-order valence-corrected chi connectivity index (χ1v) is 5.90. The molecule has 0 amide bonds. The third-order valence-corrected chi connectivity index (χ3v) is 3.40. The molecular weight excluding hydrogens is 216 g/mol. The number of ketones is 1. The van der Waals surface area contributed by atoms with Gasteiger partial charge in [0, 0.05) is 6.42 Å². The van der Waals surface area contributed by atoms with Crippen molar-refractivity contribution in [3.63, 3.8) is 0 Å². The van der Waals surface area contributed by atoms with Gasteiger partial charge in [-0.3, -0.25) is 0 Å². The van der Waals surface area contributed by atoms with Gasteiger partial charge in [0.15, 0.2) is 11.5 Å². The van der Waals surface area contributed by atoms with Gasteiger partial charge in [0.25, 0.3) is 0 Å². The lowest BCUT2D eigenvalue weighted by molar-refractivity contribution is -0.117. The average Bonchev–Trinajstić information content (AvgIpc) is 2.29. The number of carbonyl (C=O) groups is 1. The molecule has 17 heavy (non-hydrogen) atoms. The number of benzene rings is 1. The van der Waals surface area contributed by atoms with E-state index in [1.165, 1.54) is 11.1 Å². The topological polar surface area (TPSA) is 35.5 Å². The van der Waals surface area contributed by atoms with Crippen LogP contribution in [0.25, 0.3) is 0 Å². The van der Waals surface area contributed by atoms with Crippen LogP contribution in [0, 0.1) is 0 Å². The van der Waals surface area contributed by atoms with Crippen LogP contribution in [0.15, 0.2) is 12.1 Å². The number of fused-ring (bicyclic) bond motifs is 1. The van der Waals surface area contributed by atoms with Gasteiger partial charge >= 0.3 is 0 Å². The summed E-state index contributed by atoms with van der Waals surface area (Å²) >= 11 is 0. The Bertz CT molecular complexity index is 437. The summed E-state index contributed by atoms with van der Waals surface area (Å²) in [5.41, 5.74) is 2.63. The summed E-state index contributed by atoms with van der Waals surface area (Å²) in [4.78, 5) is 11.0. The maximum atomic E-state index is 11.0. The van der Waals surface area contributed by atoms with Crippen LogP contribution in [0.1, 0.15) is 36.8 Å². The predicted octanol–water partition coefficient (Wildman–Crippen LogP) is 2.71. The molecule has 1 aromatic carbocycles. The van der Waals surface area contributed by atoms with Crippen LogP contribution in [0.5, 0.6) is 11.5 Å². The van der Waals surface area contributed by atoms with E-state index in [4.69, 9.17) is 9.47 Å². The molecule has 1 atom stereocenters. The molecule has 0 saturated carbocycles. The van der Waals surface area contributed by atoms with Crippen LogP contribution >= 0.6 is 0 Å². The number of ether oxygens (including phenoxy) is 2. The van der Waals surface area contributed by atoms with Crippen LogP contribution in [0.2, 0.25) is 0 Å². The zero-order chi connectivity index (χ0) is 12.4. The number of rotatable bonds is 5. The van der Waals surface area contributed by atoms with E-state index in [0.717, 1.165) is 24.3 Å². The van der Waals surface area contributed by atoms with Crippen molar-refractivity contribution in [1.82, 2.24) is 0 Å². The van der Waals surface area contributed by atoms with Crippen LogP contribution in [-0.4, -0.2) is 20.0 Å². The fraction of sp³-hybridized carbons (Fsp3) is 0.500. The van der Waals surface area contributed by atoms with Crippen molar-refractivity contribution in [1.29, 1.82) is 0 Å². The Morgan fingerprint density at radius 2 is 1.94 bits per heavy atom. The summed E-state index contributed by atoms with van der Waals surface area (Å²) in [5.74, 6) is 2.34. The molecule has 0 saturated heterocycles. The smallest absolute Gasteiger partial charge is 0.161 e. The molecule has 1 aliphatic carbocycles. The first-order valence-electron chi connectivity index (χ1n) is 5.90. The zero-order valence-corrected chi connectivity index (χ0v) is 10.6. The maximum Gasteiger partial charge on any atom is 0.161 e.